The minimum Gasteiger partial charge on any atom is -0.300 e. The lowest BCUT2D eigenvalue weighted by atomic mass is 9.74. The van der Waals surface area contributed by atoms with Gasteiger partial charge in [0.25, 0.3) is 0 Å². The maximum absolute atomic E-state index is 13.7. The number of benzene rings is 2. The van der Waals surface area contributed by atoms with E-state index in [1.54, 1.807) is 16.2 Å². The molecule has 0 radical (unpaired) electrons. The molecule has 0 bridgehead atoms. The number of likely N-dealkylation sites (tertiary alicyclic amines) is 1. The number of nitrogens with zero attached hydrogens (tertiary/aromatic N) is 1. The summed E-state index contributed by atoms with van der Waals surface area (Å²) in [5.74, 6) is 0.887. The molecule has 1 saturated heterocycles. The van der Waals surface area contributed by atoms with Gasteiger partial charge in [-0.3, -0.25) is 15.1 Å². The molecule has 2 aromatic carbocycles. The molecule has 5 heteroatoms. The molecule has 1 aliphatic carbocycles. The van der Waals surface area contributed by atoms with Gasteiger partial charge in [-0.25, -0.2) is 0 Å². The zero-order valence-corrected chi connectivity index (χ0v) is 18.2. The fraction of sp³-hybridized carbons (Fsp3) is 0.280. The molecule has 2 fully saturated rings. The Labute approximate surface area is 185 Å². The average Bonchev–Trinajstić information content (AvgIpc) is 3.41. The van der Waals surface area contributed by atoms with Crippen LogP contribution in [-0.2, 0) is 16.6 Å². The summed E-state index contributed by atoms with van der Waals surface area (Å²) >= 11 is 7.90. The number of nitrogens with one attached hydrogen (secondary N) is 1. The maximum Gasteiger partial charge on any atom is 0.239 e. The minimum absolute atomic E-state index is 0.106. The van der Waals surface area contributed by atoms with Gasteiger partial charge in [0.2, 0.25) is 5.91 Å². The number of amidine groups is 1. The lowest BCUT2D eigenvalue weighted by Crippen LogP contribution is -2.40. The van der Waals surface area contributed by atoms with Gasteiger partial charge in [0.1, 0.15) is 5.84 Å². The van der Waals surface area contributed by atoms with Crippen molar-refractivity contribution in [3.8, 4) is 11.1 Å². The van der Waals surface area contributed by atoms with E-state index in [2.05, 4.69) is 29.6 Å². The predicted molar refractivity (Wildman–Crippen MR) is 123 cm³/mol. The van der Waals surface area contributed by atoms with Crippen molar-refractivity contribution in [3.05, 3.63) is 81.5 Å². The third-order valence-corrected chi connectivity index (χ3v) is 7.54. The van der Waals surface area contributed by atoms with Crippen molar-refractivity contribution in [1.82, 2.24) is 4.90 Å². The lowest BCUT2D eigenvalue weighted by Gasteiger charge is -2.28. The van der Waals surface area contributed by atoms with Crippen LogP contribution in [0.15, 0.2) is 66.0 Å². The predicted octanol–water partition coefficient (Wildman–Crippen LogP) is 6.17. The Morgan fingerprint density at radius 1 is 1.07 bits per heavy atom. The number of hydrogen-bond donors (Lipinski definition) is 1. The third-order valence-electron chi connectivity index (χ3n) is 6.37. The fourth-order valence-corrected chi connectivity index (χ4v) is 5.60. The van der Waals surface area contributed by atoms with E-state index < -0.39 is 5.41 Å². The summed E-state index contributed by atoms with van der Waals surface area (Å²) in [7, 11) is 0. The molecule has 1 aliphatic heterocycles. The first-order valence-electron chi connectivity index (χ1n) is 10.4. The first kappa shape index (κ1) is 19.5. The monoisotopic (exact) mass is 434 g/mol. The molecule has 3 aromatic rings. The van der Waals surface area contributed by atoms with Crippen LogP contribution >= 0.6 is 22.9 Å². The summed E-state index contributed by atoms with van der Waals surface area (Å²) in [6, 6.07) is 20.2. The topological polar surface area (TPSA) is 44.2 Å². The minimum atomic E-state index is -0.596. The zero-order valence-electron chi connectivity index (χ0n) is 16.6. The molecule has 1 atom stereocenters. The second-order valence-corrected chi connectivity index (χ2v) is 9.72. The Morgan fingerprint density at radius 2 is 1.83 bits per heavy atom. The summed E-state index contributed by atoms with van der Waals surface area (Å²) < 4.78 is 0. The van der Waals surface area contributed by atoms with Crippen molar-refractivity contribution >= 4 is 34.7 Å². The molecule has 3 nitrogen and oxygen atoms in total. The fourth-order valence-electron chi connectivity index (χ4n) is 4.71. The van der Waals surface area contributed by atoms with Crippen molar-refractivity contribution in [2.45, 2.75) is 31.1 Å². The molecular formula is C25H23ClN2OS. The van der Waals surface area contributed by atoms with E-state index in [0.29, 0.717) is 29.7 Å². The summed E-state index contributed by atoms with van der Waals surface area (Å²) in [5.41, 5.74) is 2.55. The summed E-state index contributed by atoms with van der Waals surface area (Å²) in [6.07, 6.45) is 3.41. The summed E-state index contributed by atoms with van der Waals surface area (Å²) in [4.78, 5) is 16.7. The van der Waals surface area contributed by atoms with Crippen LogP contribution in [0, 0.1) is 11.3 Å². The van der Waals surface area contributed by atoms with Crippen molar-refractivity contribution in [2.24, 2.45) is 5.92 Å². The highest BCUT2D eigenvalue weighted by molar-refractivity contribution is 7.09. The van der Waals surface area contributed by atoms with E-state index in [1.807, 2.05) is 36.4 Å². The average molecular weight is 435 g/mol. The number of thiophene rings is 1. The molecule has 152 valence electrons. The Balaban J connectivity index is 1.49. The summed E-state index contributed by atoms with van der Waals surface area (Å²) in [5, 5.41) is 11.4. The molecule has 2 heterocycles. The van der Waals surface area contributed by atoms with E-state index in [1.165, 1.54) is 4.88 Å². The molecule has 5 rings (SSSR count). The standard InChI is InChI=1S/C25H23ClN2OS/c26-21-7-2-5-18(15-21)17-4-1-6-20(14-17)25(19-9-10-19)16-23(27)28(24(25)29)12-11-22-8-3-13-30-22/h1-8,13-15,19,27H,9-12,16H2. The molecular weight excluding hydrogens is 412 g/mol. The molecule has 2 aliphatic rings. The number of carbonyl (C=O) groups excluding carboxylic acids is 1. The van der Waals surface area contributed by atoms with Gasteiger partial charge in [-0.1, -0.05) is 54.1 Å². The van der Waals surface area contributed by atoms with Crippen LogP contribution in [0.25, 0.3) is 11.1 Å². The highest BCUT2D eigenvalue weighted by atomic mass is 35.5. The van der Waals surface area contributed by atoms with Crippen LogP contribution in [0.5, 0.6) is 0 Å². The van der Waals surface area contributed by atoms with Crippen LogP contribution in [0.2, 0.25) is 5.02 Å². The Morgan fingerprint density at radius 3 is 2.53 bits per heavy atom. The molecule has 1 unspecified atom stereocenters. The normalized spacial score (nSPS) is 21.4. The second kappa shape index (κ2) is 7.68. The molecule has 1 N–H and O–H groups in total. The lowest BCUT2D eigenvalue weighted by molar-refractivity contribution is -0.131. The number of hydrogen-bond acceptors (Lipinski definition) is 3. The van der Waals surface area contributed by atoms with E-state index in [4.69, 9.17) is 17.0 Å². The van der Waals surface area contributed by atoms with E-state index in [-0.39, 0.29) is 5.91 Å². The van der Waals surface area contributed by atoms with Gasteiger partial charge in [0.15, 0.2) is 0 Å². The van der Waals surface area contributed by atoms with Gasteiger partial charge < -0.3 is 0 Å². The quantitative estimate of drug-likeness (QED) is 0.495. The van der Waals surface area contributed by atoms with Gasteiger partial charge in [0, 0.05) is 22.9 Å². The van der Waals surface area contributed by atoms with E-state index in [9.17, 15) is 4.79 Å². The van der Waals surface area contributed by atoms with Crippen molar-refractivity contribution in [1.29, 1.82) is 5.41 Å². The van der Waals surface area contributed by atoms with Crippen LogP contribution in [-0.4, -0.2) is 23.2 Å². The number of halogens is 1. The van der Waals surface area contributed by atoms with Crippen molar-refractivity contribution in [3.63, 3.8) is 0 Å². The van der Waals surface area contributed by atoms with E-state index in [0.717, 1.165) is 36.0 Å². The number of amides is 1. The van der Waals surface area contributed by atoms with Crippen molar-refractivity contribution < 1.29 is 4.79 Å². The van der Waals surface area contributed by atoms with Crippen LogP contribution in [0.4, 0.5) is 0 Å². The number of rotatable bonds is 6. The van der Waals surface area contributed by atoms with Crippen LogP contribution in [0.1, 0.15) is 29.7 Å². The van der Waals surface area contributed by atoms with Gasteiger partial charge in [-0.2, -0.15) is 0 Å². The highest BCUT2D eigenvalue weighted by Crippen LogP contribution is 2.54. The molecule has 30 heavy (non-hydrogen) atoms. The van der Waals surface area contributed by atoms with Gasteiger partial charge in [-0.15, -0.1) is 11.3 Å². The van der Waals surface area contributed by atoms with Gasteiger partial charge in [-0.05, 0) is 65.4 Å². The van der Waals surface area contributed by atoms with Gasteiger partial charge >= 0.3 is 0 Å². The Hall–Kier alpha value is -2.43. The molecule has 1 amide bonds. The zero-order chi connectivity index (χ0) is 20.7. The number of carbonyl (C=O) groups is 1. The highest BCUT2D eigenvalue weighted by Gasteiger charge is 2.58. The molecule has 0 spiro atoms. The Kier molecular flexibility index (Phi) is 5.00. The smallest absolute Gasteiger partial charge is 0.239 e. The largest absolute Gasteiger partial charge is 0.300 e. The van der Waals surface area contributed by atoms with Crippen molar-refractivity contribution in [2.75, 3.05) is 6.54 Å². The van der Waals surface area contributed by atoms with Gasteiger partial charge in [0.05, 0.1) is 5.41 Å². The second-order valence-electron chi connectivity index (χ2n) is 8.25. The third kappa shape index (κ3) is 3.38. The molecule has 1 saturated carbocycles. The Bertz CT molecular complexity index is 1110. The maximum atomic E-state index is 13.7. The first-order chi connectivity index (χ1) is 14.6. The SMILES string of the molecule is N=C1CC(c2cccc(-c3cccc(Cl)c3)c2)(C2CC2)C(=O)N1CCc1cccs1. The molecule has 1 aromatic heterocycles. The summed E-state index contributed by atoms with van der Waals surface area (Å²) in [6.45, 7) is 0.584. The first-order valence-corrected chi connectivity index (χ1v) is 11.6. The van der Waals surface area contributed by atoms with E-state index >= 15 is 0 Å². The van der Waals surface area contributed by atoms with Crippen LogP contribution in [0.3, 0.4) is 0 Å². The van der Waals surface area contributed by atoms with Crippen LogP contribution < -0.4 is 0 Å².